The van der Waals surface area contributed by atoms with Crippen LogP contribution in [0.2, 0.25) is 0 Å². The Morgan fingerprint density at radius 2 is 1.69 bits per heavy atom. The largest absolute Gasteiger partial charge is 0.307 e. The van der Waals surface area contributed by atoms with E-state index in [2.05, 4.69) is 43.4 Å². The van der Waals surface area contributed by atoms with Crippen molar-refractivity contribution in [1.29, 1.82) is 0 Å². The molecular formula is C15H23N. The van der Waals surface area contributed by atoms with Crippen LogP contribution in [0.15, 0.2) is 24.3 Å². The molecule has 0 spiro atoms. The summed E-state index contributed by atoms with van der Waals surface area (Å²) in [7, 11) is 0. The van der Waals surface area contributed by atoms with Crippen LogP contribution in [0.3, 0.4) is 0 Å². The summed E-state index contributed by atoms with van der Waals surface area (Å²) in [5, 5.41) is 3.75. The van der Waals surface area contributed by atoms with Crippen molar-refractivity contribution in [3.05, 3.63) is 35.4 Å². The molecule has 0 unspecified atom stereocenters. The van der Waals surface area contributed by atoms with Gasteiger partial charge in [0.2, 0.25) is 0 Å². The average molecular weight is 217 g/mol. The van der Waals surface area contributed by atoms with Gasteiger partial charge in [-0.2, -0.15) is 0 Å². The van der Waals surface area contributed by atoms with Gasteiger partial charge in [0, 0.05) is 12.1 Å². The van der Waals surface area contributed by atoms with E-state index >= 15 is 0 Å². The second kappa shape index (κ2) is 5.49. The molecule has 1 atom stereocenters. The molecule has 2 rings (SSSR count). The molecule has 0 aromatic heterocycles. The Bertz CT molecular complexity index is 309. The fourth-order valence-corrected chi connectivity index (χ4v) is 2.57. The van der Waals surface area contributed by atoms with Gasteiger partial charge in [0.15, 0.2) is 0 Å². The van der Waals surface area contributed by atoms with E-state index in [1.807, 2.05) is 0 Å². The van der Waals surface area contributed by atoms with E-state index in [4.69, 9.17) is 0 Å². The summed E-state index contributed by atoms with van der Waals surface area (Å²) >= 11 is 0. The van der Waals surface area contributed by atoms with Gasteiger partial charge in [-0.05, 0) is 32.3 Å². The van der Waals surface area contributed by atoms with Crippen LogP contribution in [0.1, 0.15) is 56.2 Å². The predicted octanol–water partition coefficient (Wildman–Crippen LogP) is 3.98. The summed E-state index contributed by atoms with van der Waals surface area (Å²) < 4.78 is 0. The quantitative estimate of drug-likeness (QED) is 0.807. The maximum absolute atomic E-state index is 3.75. The standard InChI is InChI=1S/C15H23N/c1-12-8-10-14(11-9-12)13(2)16-15-6-4-3-5-7-15/h8-11,13,15-16H,3-7H2,1-2H3/t13-/m1/s1. The van der Waals surface area contributed by atoms with Crippen LogP contribution in [0.5, 0.6) is 0 Å². The number of benzene rings is 1. The first-order chi connectivity index (χ1) is 7.75. The van der Waals surface area contributed by atoms with E-state index in [0.29, 0.717) is 6.04 Å². The van der Waals surface area contributed by atoms with Crippen LogP contribution < -0.4 is 5.32 Å². The second-order valence-corrected chi connectivity index (χ2v) is 5.13. The third-order valence-electron chi connectivity index (χ3n) is 3.67. The van der Waals surface area contributed by atoms with E-state index < -0.39 is 0 Å². The zero-order valence-electron chi connectivity index (χ0n) is 10.5. The van der Waals surface area contributed by atoms with Gasteiger partial charge in [0.25, 0.3) is 0 Å². The van der Waals surface area contributed by atoms with E-state index in [1.165, 1.54) is 43.2 Å². The lowest BCUT2D eigenvalue weighted by Crippen LogP contribution is -2.33. The van der Waals surface area contributed by atoms with E-state index in [1.54, 1.807) is 0 Å². The van der Waals surface area contributed by atoms with Crippen molar-refractivity contribution >= 4 is 0 Å². The van der Waals surface area contributed by atoms with Gasteiger partial charge in [-0.1, -0.05) is 49.1 Å². The highest BCUT2D eigenvalue weighted by Crippen LogP contribution is 2.21. The lowest BCUT2D eigenvalue weighted by Gasteiger charge is -2.26. The van der Waals surface area contributed by atoms with Crippen LogP contribution in [0.25, 0.3) is 0 Å². The molecule has 88 valence electrons. The molecule has 1 fully saturated rings. The molecule has 0 radical (unpaired) electrons. The minimum absolute atomic E-state index is 0.490. The molecule has 0 aliphatic heterocycles. The normalized spacial score (nSPS) is 19.6. The van der Waals surface area contributed by atoms with Gasteiger partial charge in [0.1, 0.15) is 0 Å². The molecule has 1 aliphatic carbocycles. The van der Waals surface area contributed by atoms with Gasteiger partial charge < -0.3 is 5.32 Å². The number of rotatable bonds is 3. The average Bonchev–Trinajstić information content (AvgIpc) is 2.31. The molecule has 1 aliphatic rings. The van der Waals surface area contributed by atoms with Gasteiger partial charge in [0.05, 0.1) is 0 Å². The van der Waals surface area contributed by atoms with Crippen molar-refractivity contribution in [2.45, 2.75) is 58.0 Å². The van der Waals surface area contributed by atoms with E-state index in [-0.39, 0.29) is 0 Å². The van der Waals surface area contributed by atoms with Crippen LogP contribution >= 0.6 is 0 Å². The van der Waals surface area contributed by atoms with Gasteiger partial charge in [-0.15, -0.1) is 0 Å². The third-order valence-corrected chi connectivity index (χ3v) is 3.67. The lowest BCUT2D eigenvalue weighted by molar-refractivity contribution is 0.347. The predicted molar refractivity (Wildman–Crippen MR) is 69.6 cm³/mol. The van der Waals surface area contributed by atoms with E-state index in [9.17, 15) is 0 Å². The highest BCUT2D eigenvalue weighted by Gasteiger charge is 2.15. The smallest absolute Gasteiger partial charge is 0.0294 e. The Kier molecular flexibility index (Phi) is 4.00. The maximum atomic E-state index is 3.75. The summed E-state index contributed by atoms with van der Waals surface area (Å²) in [5.74, 6) is 0. The molecule has 1 aromatic rings. The molecule has 1 aromatic carbocycles. The van der Waals surface area contributed by atoms with Crippen LogP contribution in [-0.2, 0) is 0 Å². The zero-order valence-corrected chi connectivity index (χ0v) is 10.5. The number of hydrogen-bond acceptors (Lipinski definition) is 1. The molecule has 0 heterocycles. The topological polar surface area (TPSA) is 12.0 Å². The molecule has 0 saturated heterocycles. The molecule has 1 N–H and O–H groups in total. The fourth-order valence-electron chi connectivity index (χ4n) is 2.57. The molecule has 0 bridgehead atoms. The zero-order chi connectivity index (χ0) is 11.4. The summed E-state index contributed by atoms with van der Waals surface area (Å²) in [6, 6.07) is 10.1. The highest BCUT2D eigenvalue weighted by molar-refractivity contribution is 5.23. The molecular weight excluding hydrogens is 194 g/mol. The summed E-state index contributed by atoms with van der Waals surface area (Å²) in [5.41, 5.74) is 2.75. The molecule has 1 heteroatoms. The van der Waals surface area contributed by atoms with Crippen molar-refractivity contribution in [2.24, 2.45) is 0 Å². The van der Waals surface area contributed by atoms with Crippen molar-refractivity contribution in [2.75, 3.05) is 0 Å². The Labute approximate surface area is 99.3 Å². The first-order valence-corrected chi connectivity index (χ1v) is 6.58. The van der Waals surface area contributed by atoms with Crippen LogP contribution in [-0.4, -0.2) is 6.04 Å². The SMILES string of the molecule is Cc1ccc([C@@H](C)NC2CCCCC2)cc1. The van der Waals surface area contributed by atoms with E-state index in [0.717, 1.165) is 6.04 Å². The van der Waals surface area contributed by atoms with Crippen molar-refractivity contribution in [1.82, 2.24) is 5.32 Å². The molecule has 1 nitrogen and oxygen atoms in total. The summed E-state index contributed by atoms with van der Waals surface area (Å²) in [6.07, 6.45) is 6.94. The minimum Gasteiger partial charge on any atom is -0.307 e. The van der Waals surface area contributed by atoms with Crippen LogP contribution in [0, 0.1) is 6.92 Å². The first kappa shape index (κ1) is 11.7. The fraction of sp³-hybridized carbons (Fsp3) is 0.600. The number of aryl methyl sites for hydroxylation is 1. The monoisotopic (exact) mass is 217 g/mol. The Morgan fingerprint density at radius 3 is 2.31 bits per heavy atom. The summed E-state index contributed by atoms with van der Waals surface area (Å²) in [6.45, 7) is 4.42. The van der Waals surface area contributed by atoms with Crippen molar-refractivity contribution in [3.8, 4) is 0 Å². The summed E-state index contributed by atoms with van der Waals surface area (Å²) in [4.78, 5) is 0. The van der Waals surface area contributed by atoms with Gasteiger partial charge in [-0.3, -0.25) is 0 Å². The lowest BCUT2D eigenvalue weighted by atomic mass is 9.94. The number of nitrogens with one attached hydrogen (secondary N) is 1. The van der Waals surface area contributed by atoms with Gasteiger partial charge >= 0.3 is 0 Å². The third kappa shape index (κ3) is 3.08. The Hall–Kier alpha value is -0.820. The number of hydrogen-bond donors (Lipinski definition) is 1. The highest BCUT2D eigenvalue weighted by atomic mass is 14.9. The Balaban J connectivity index is 1.91. The molecule has 1 saturated carbocycles. The maximum Gasteiger partial charge on any atom is 0.0294 e. The molecule has 16 heavy (non-hydrogen) atoms. The van der Waals surface area contributed by atoms with Crippen LogP contribution in [0.4, 0.5) is 0 Å². The molecule has 0 amide bonds. The van der Waals surface area contributed by atoms with Gasteiger partial charge in [-0.25, -0.2) is 0 Å². The van der Waals surface area contributed by atoms with Crippen molar-refractivity contribution in [3.63, 3.8) is 0 Å². The Morgan fingerprint density at radius 1 is 1.06 bits per heavy atom. The first-order valence-electron chi connectivity index (χ1n) is 6.58. The second-order valence-electron chi connectivity index (χ2n) is 5.13. The van der Waals surface area contributed by atoms with Crippen molar-refractivity contribution < 1.29 is 0 Å². The minimum atomic E-state index is 0.490.